The van der Waals surface area contributed by atoms with Gasteiger partial charge in [-0.3, -0.25) is 4.98 Å². The van der Waals surface area contributed by atoms with E-state index in [2.05, 4.69) is 33.4 Å². The predicted molar refractivity (Wildman–Crippen MR) is 73.9 cm³/mol. The van der Waals surface area contributed by atoms with E-state index in [4.69, 9.17) is 0 Å². The molecule has 1 saturated heterocycles. The van der Waals surface area contributed by atoms with E-state index in [1.807, 2.05) is 19.4 Å². The van der Waals surface area contributed by atoms with Gasteiger partial charge in [0.2, 0.25) is 0 Å². The van der Waals surface area contributed by atoms with Gasteiger partial charge in [-0.2, -0.15) is 0 Å². The fourth-order valence-electron chi connectivity index (χ4n) is 2.92. The Hall–Kier alpha value is -1.58. The van der Waals surface area contributed by atoms with Gasteiger partial charge in [0, 0.05) is 20.1 Å². The monoisotopic (exact) mass is 244 g/mol. The molecule has 1 fully saturated rings. The summed E-state index contributed by atoms with van der Waals surface area (Å²) in [6.07, 6.45) is 6.51. The summed E-state index contributed by atoms with van der Waals surface area (Å²) in [5.41, 5.74) is 4.51. The summed E-state index contributed by atoms with van der Waals surface area (Å²) >= 11 is 0. The number of rotatable bonds is 1. The molecule has 2 aromatic rings. The van der Waals surface area contributed by atoms with E-state index in [1.54, 1.807) is 0 Å². The molecule has 1 aliphatic heterocycles. The van der Waals surface area contributed by atoms with E-state index < -0.39 is 0 Å². The molecule has 18 heavy (non-hydrogen) atoms. The lowest BCUT2D eigenvalue weighted by atomic mass is 10.00. The largest absolute Gasteiger partial charge is 0.368 e. The molecular formula is C14H20N4. The van der Waals surface area contributed by atoms with Crippen molar-refractivity contribution in [3.05, 3.63) is 18.2 Å². The van der Waals surface area contributed by atoms with Crippen molar-refractivity contribution < 1.29 is 0 Å². The minimum atomic E-state index is 0.767. The van der Waals surface area contributed by atoms with E-state index in [0.717, 1.165) is 30.2 Å². The van der Waals surface area contributed by atoms with E-state index >= 15 is 0 Å². The Labute approximate surface area is 108 Å². The number of hydrogen-bond acceptors (Lipinski definition) is 3. The maximum Gasteiger partial charge on any atom is 0.112 e. The zero-order chi connectivity index (χ0) is 12.7. The molecule has 0 spiro atoms. The summed E-state index contributed by atoms with van der Waals surface area (Å²) in [5, 5.41) is 0. The second kappa shape index (κ2) is 4.26. The molecule has 2 aromatic heterocycles. The van der Waals surface area contributed by atoms with Crippen LogP contribution in [0.3, 0.4) is 0 Å². The molecule has 1 atom stereocenters. The summed E-state index contributed by atoms with van der Waals surface area (Å²) in [6.45, 7) is 6.62. The molecule has 96 valence electrons. The number of imidazole rings is 1. The number of piperidine rings is 1. The van der Waals surface area contributed by atoms with Crippen molar-refractivity contribution in [2.75, 3.05) is 18.0 Å². The van der Waals surface area contributed by atoms with Crippen molar-refractivity contribution in [3.63, 3.8) is 0 Å². The first-order valence-corrected chi connectivity index (χ1v) is 6.68. The summed E-state index contributed by atoms with van der Waals surface area (Å²) < 4.78 is 2.11. The van der Waals surface area contributed by atoms with Gasteiger partial charge in [-0.25, -0.2) is 4.98 Å². The van der Waals surface area contributed by atoms with Crippen molar-refractivity contribution in [1.29, 1.82) is 0 Å². The quantitative estimate of drug-likeness (QED) is 0.773. The van der Waals surface area contributed by atoms with Crippen LogP contribution in [0.4, 0.5) is 5.69 Å². The van der Waals surface area contributed by atoms with Crippen molar-refractivity contribution in [1.82, 2.24) is 14.5 Å². The highest BCUT2D eigenvalue weighted by Gasteiger charge is 2.20. The van der Waals surface area contributed by atoms with E-state index in [-0.39, 0.29) is 0 Å². The highest BCUT2D eigenvalue weighted by molar-refractivity contribution is 5.90. The molecule has 1 aliphatic rings. The Morgan fingerprint density at radius 3 is 2.94 bits per heavy atom. The minimum Gasteiger partial charge on any atom is -0.368 e. The Bertz CT molecular complexity index is 572. The van der Waals surface area contributed by atoms with Gasteiger partial charge in [0.1, 0.15) is 5.52 Å². The van der Waals surface area contributed by atoms with Crippen molar-refractivity contribution in [2.24, 2.45) is 13.0 Å². The maximum absolute atomic E-state index is 4.50. The Balaban J connectivity index is 2.11. The molecule has 0 aromatic carbocycles. The molecule has 0 N–H and O–H groups in total. The zero-order valence-electron chi connectivity index (χ0n) is 11.3. The molecule has 3 heterocycles. The summed E-state index contributed by atoms with van der Waals surface area (Å²) in [4.78, 5) is 11.4. The Morgan fingerprint density at radius 1 is 1.33 bits per heavy atom. The highest BCUT2D eigenvalue weighted by atomic mass is 15.2. The summed E-state index contributed by atoms with van der Waals surface area (Å²) in [6, 6.07) is 0. The Kier molecular flexibility index (Phi) is 2.73. The van der Waals surface area contributed by atoms with Crippen LogP contribution >= 0.6 is 0 Å². The zero-order valence-corrected chi connectivity index (χ0v) is 11.3. The molecule has 4 heteroatoms. The lowest BCUT2D eigenvalue weighted by Gasteiger charge is -2.33. The first-order valence-electron chi connectivity index (χ1n) is 6.68. The van der Waals surface area contributed by atoms with Gasteiger partial charge in [0.05, 0.1) is 29.4 Å². The van der Waals surface area contributed by atoms with Gasteiger partial charge in [-0.15, -0.1) is 0 Å². The van der Waals surface area contributed by atoms with Crippen LogP contribution in [0, 0.1) is 12.8 Å². The second-order valence-corrected chi connectivity index (χ2v) is 5.47. The van der Waals surface area contributed by atoms with Gasteiger partial charge in [-0.05, 0) is 25.7 Å². The van der Waals surface area contributed by atoms with Gasteiger partial charge in [0.25, 0.3) is 0 Å². The summed E-state index contributed by atoms with van der Waals surface area (Å²) in [5.74, 6) is 0.767. The fourth-order valence-corrected chi connectivity index (χ4v) is 2.92. The summed E-state index contributed by atoms with van der Waals surface area (Å²) in [7, 11) is 2.06. The number of pyridine rings is 1. The number of aryl methyl sites for hydroxylation is 2. The van der Waals surface area contributed by atoms with E-state index in [9.17, 15) is 0 Å². The molecule has 0 bridgehead atoms. The molecule has 0 aliphatic carbocycles. The highest BCUT2D eigenvalue weighted by Crippen LogP contribution is 2.29. The molecular weight excluding hydrogens is 224 g/mol. The van der Waals surface area contributed by atoms with Gasteiger partial charge < -0.3 is 9.47 Å². The van der Waals surface area contributed by atoms with Crippen LogP contribution in [0.2, 0.25) is 0 Å². The number of nitrogens with zero attached hydrogens (tertiary/aromatic N) is 4. The first-order chi connectivity index (χ1) is 8.66. The number of aromatic nitrogens is 3. The average molecular weight is 244 g/mol. The van der Waals surface area contributed by atoms with Crippen LogP contribution < -0.4 is 4.90 Å². The third kappa shape index (κ3) is 1.76. The molecule has 1 unspecified atom stereocenters. The fraction of sp³-hybridized carbons (Fsp3) is 0.571. The number of fused-ring (bicyclic) bond motifs is 1. The van der Waals surface area contributed by atoms with Crippen LogP contribution in [0.25, 0.3) is 11.0 Å². The van der Waals surface area contributed by atoms with Crippen LogP contribution in [0.1, 0.15) is 25.5 Å². The van der Waals surface area contributed by atoms with Gasteiger partial charge in [0.15, 0.2) is 0 Å². The topological polar surface area (TPSA) is 34.0 Å². The van der Waals surface area contributed by atoms with Gasteiger partial charge >= 0.3 is 0 Å². The average Bonchev–Trinajstić information content (AvgIpc) is 2.73. The second-order valence-electron chi connectivity index (χ2n) is 5.47. The molecule has 4 nitrogen and oxygen atoms in total. The van der Waals surface area contributed by atoms with Crippen molar-refractivity contribution in [3.8, 4) is 0 Å². The lowest BCUT2D eigenvalue weighted by molar-refractivity contribution is 0.447. The van der Waals surface area contributed by atoms with Gasteiger partial charge in [-0.1, -0.05) is 6.92 Å². The van der Waals surface area contributed by atoms with Crippen molar-refractivity contribution >= 4 is 16.7 Å². The number of anilines is 1. The third-order valence-corrected chi connectivity index (χ3v) is 3.90. The Morgan fingerprint density at radius 2 is 2.17 bits per heavy atom. The maximum atomic E-state index is 4.50. The smallest absolute Gasteiger partial charge is 0.112 e. The third-order valence-electron chi connectivity index (χ3n) is 3.90. The lowest BCUT2D eigenvalue weighted by Crippen LogP contribution is -2.34. The van der Waals surface area contributed by atoms with Crippen LogP contribution in [0.15, 0.2) is 12.5 Å². The number of hydrogen-bond donors (Lipinski definition) is 0. The van der Waals surface area contributed by atoms with Crippen LogP contribution in [-0.4, -0.2) is 27.6 Å². The molecule has 3 rings (SSSR count). The van der Waals surface area contributed by atoms with E-state index in [0.29, 0.717) is 0 Å². The molecule has 0 radical (unpaired) electrons. The standard InChI is InChI=1S/C14H20N4/c1-10-5-4-6-18(8-10)12-7-15-11(2)13-14(12)17(3)9-16-13/h7,9-10H,4-6,8H2,1-3H3. The predicted octanol–water partition coefficient (Wildman–Crippen LogP) is 2.51. The molecule has 0 saturated carbocycles. The SMILES string of the molecule is Cc1ncc(N2CCCC(C)C2)c2c1ncn2C. The normalized spacial score (nSPS) is 20.6. The minimum absolute atomic E-state index is 0.767. The van der Waals surface area contributed by atoms with Crippen LogP contribution in [-0.2, 0) is 7.05 Å². The van der Waals surface area contributed by atoms with Crippen molar-refractivity contribution in [2.45, 2.75) is 26.7 Å². The molecule has 0 amide bonds. The van der Waals surface area contributed by atoms with Crippen LogP contribution in [0.5, 0.6) is 0 Å². The first kappa shape index (κ1) is 11.5. The van der Waals surface area contributed by atoms with E-state index in [1.165, 1.54) is 24.0 Å².